The lowest BCUT2D eigenvalue weighted by atomic mass is 9.95. The van der Waals surface area contributed by atoms with Crippen LogP contribution in [0.1, 0.15) is 35.4 Å². The summed E-state index contributed by atoms with van der Waals surface area (Å²) in [5.74, 6) is -0.920. The van der Waals surface area contributed by atoms with Gasteiger partial charge < -0.3 is 64.5 Å². The van der Waals surface area contributed by atoms with Crippen LogP contribution in [0, 0.1) is 0 Å². The maximum Gasteiger partial charge on any atom is 0.229 e. The molecule has 3 aliphatic heterocycles. The van der Waals surface area contributed by atoms with E-state index in [1.54, 1.807) is 12.1 Å². The molecular formula is C27H32O14. The number of Topliss-reactive ketones (excluding diaryl/α,β-unsaturated/α-hetero) is 1. The van der Waals surface area contributed by atoms with Crippen LogP contribution in [0.15, 0.2) is 36.4 Å². The maximum absolute atomic E-state index is 12.8. The van der Waals surface area contributed by atoms with Crippen LogP contribution in [0.2, 0.25) is 0 Å². The van der Waals surface area contributed by atoms with E-state index in [9.17, 15) is 45.6 Å². The topological polar surface area (TPSA) is 225 Å². The van der Waals surface area contributed by atoms with Crippen LogP contribution in [-0.2, 0) is 14.2 Å². The van der Waals surface area contributed by atoms with E-state index in [0.717, 1.165) is 6.07 Å². The fourth-order valence-corrected chi connectivity index (χ4v) is 5.08. The van der Waals surface area contributed by atoms with Gasteiger partial charge in [0.25, 0.3) is 0 Å². The van der Waals surface area contributed by atoms with Gasteiger partial charge in [-0.1, -0.05) is 12.1 Å². The van der Waals surface area contributed by atoms with Gasteiger partial charge in [0.05, 0.1) is 19.1 Å². The summed E-state index contributed by atoms with van der Waals surface area (Å²) in [5.41, 5.74) is 0.540. The van der Waals surface area contributed by atoms with Gasteiger partial charge in [-0.15, -0.1) is 0 Å². The zero-order valence-corrected chi connectivity index (χ0v) is 21.8. The zero-order chi connectivity index (χ0) is 29.6. The van der Waals surface area contributed by atoms with Gasteiger partial charge in [-0.3, -0.25) is 4.79 Å². The highest BCUT2D eigenvalue weighted by atomic mass is 16.7. The number of ether oxygens (including phenoxy) is 5. The van der Waals surface area contributed by atoms with Crippen molar-refractivity contribution in [3.8, 4) is 23.0 Å². The number of hydrogen-bond donors (Lipinski definition) is 8. The molecule has 0 amide bonds. The molecule has 2 aromatic rings. The summed E-state index contributed by atoms with van der Waals surface area (Å²) in [5, 5.41) is 81.9. The van der Waals surface area contributed by atoms with Crippen molar-refractivity contribution in [2.75, 3.05) is 6.61 Å². The van der Waals surface area contributed by atoms with Gasteiger partial charge in [0.15, 0.2) is 12.1 Å². The number of ketones is 1. The Kier molecular flexibility index (Phi) is 8.39. The molecule has 3 aliphatic rings. The first-order valence-electron chi connectivity index (χ1n) is 13.0. The summed E-state index contributed by atoms with van der Waals surface area (Å²) in [4.78, 5) is 12.8. The van der Waals surface area contributed by atoms with E-state index < -0.39 is 85.7 Å². The van der Waals surface area contributed by atoms with Crippen LogP contribution >= 0.6 is 0 Å². The third kappa shape index (κ3) is 5.70. The molecule has 2 saturated heterocycles. The molecule has 0 bridgehead atoms. The van der Waals surface area contributed by atoms with Crippen LogP contribution < -0.4 is 9.47 Å². The van der Waals surface area contributed by atoms with Gasteiger partial charge in [-0.25, -0.2) is 0 Å². The number of fused-ring (bicyclic) bond motifs is 1. The summed E-state index contributed by atoms with van der Waals surface area (Å²) < 4.78 is 28.2. The van der Waals surface area contributed by atoms with Crippen LogP contribution in [0.3, 0.4) is 0 Å². The first kappa shape index (κ1) is 29.4. The number of carbonyl (C=O) groups excluding carboxylic acids is 1. The molecule has 11 atom stereocenters. The van der Waals surface area contributed by atoms with Crippen molar-refractivity contribution >= 4 is 5.78 Å². The van der Waals surface area contributed by atoms with Gasteiger partial charge in [-0.2, -0.15) is 0 Å². The van der Waals surface area contributed by atoms with Gasteiger partial charge in [0.1, 0.15) is 77.4 Å². The van der Waals surface area contributed by atoms with Crippen LogP contribution in [0.25, 0.3) is 0 Å². The fourth-order valence-electron chi connectivity index (χ4n) is 5.08. The molecule has 3 heterocycles. The van der Waals surface area contributed by atoms with Crippen molar-refractivity contribution in [3.63, 3.8) is 0 Å². The molecular weight excluding hydrogens is 548 g/mol. The van der Waals surface area contributed by atoms with Crippen molar-refractivity contribution in [1.82, 2.24) is 0 Å². The number of hydrogen-bond acceptors (Lipinski definition) is 14. The molecule has 224 valence electrons. The number of aliphatic hydroxyl groups is 6. The number of aromatic hydroxyl groups is 2. The molecule has 0 aliphatic carbocycles. The maximum atomic E-state index is 12.8. The highest BCUT2D eigenvalue weighted by molar-refractivity contribution is 6.02. The predicted molar refractivity (Wildman–Crippen MR) is 134 cm³/mol. The highest BCUT2D eigenvalue weighted by Crippen LogP contribution is 2.43. The lowest BCUT2D eigenvalue weighted by Crippen LogP contribution is -2.64. The second-order valence-corrected chi connectivity index (χ2v) is 10.2. The number of rotatable bonds is 6. The minimum absolute atomic E-state index is 0.00794. The standard InChI is InChI=1S/C27H32O14/c1-10-20(32)22(34)23(35)26(37-10)41-25-21(33)18(9-28)40-27(24(25)36)38-13-6-14(30)19-15(31)8-16(39-17(19)7-13)11-2-4-12(29)5-3-11/h2-7,10,16,18,20-30,32-36H,8-9H2,1H3/t10-,16+,18+,20-,21+,22+,23+,24+,25-,26-,27+/m0/s1. The molecule has 8 N–H and O–H groups in total. The molecule has 0 spiro atoms. The van der Waals surface area contributed by atoms with Crippen LogP contribution in [0.5, 0.6) is 23.0 Å². The second-order valence-electron chi connectivity index (χ2n) is 10.2. The Morgan fingerprint density at radius 2 is 1.59 bits per heavy atom. The summed E-state index contributed by atoms with van der Waals surface area (Å²) >= 11 is 0. The molecule has 0 aromatic heterocycles. The third-order valence-corrected chi connectivity index (χ3v) is 7.41. The van der Waals surface area contributed by atoms with Gasteiger partial charge in [0.2, 0.25) is 6.29 Å². The van der Waals surface area contributed by atoms with Crippen LogP contribution in [-0.4, -0.2) is 115 Å². The van der Waals surface area contributed by atoms with E-state index in [-0.39, 0.29) is 29.2 Å². The number of phenols is 2. The Balaban J connectivity index is 1.36. The lowest BCUT2D eigenvalue weighted by Gasteiger charge is -2.45. The quantitative estimate of drug-likeness (QED) is 0.202. The second kappa shape index (κ2) is 11.7. The number of carbonyl (C=O) groups is 1. The zero-order valence-electron chi connectivity index (χ0n) is 21.8. The average Bonchev–Trinajstić information content (AvgIpc) is 2.94. The molecule has 0 unspecified atom stereocenters. The summed E-state index contributed by atoms with van der Waals surface area (Å²) in [7, 11) is 0. The van der Waals surface area contributed by atoms with Crippen molar-refractivity contribution in [1.29, 1.82) is 0 Å². The number of benzene rings is 2. The normalized spacial score (nSPS) is 37.2. The van der Waals surface area contributed by atoms with E-state index in [1.165, 1.54) is 25.1 Å². The van der Waals surface area contributed by atoms with Gasteiger partial charge >= 0.3 is 0 Å². The van der Waals surface area contributed by atoms with Crippen molar-refractivity contribution in [3.05, 3.63) is 47.5 Å². The summed E-state index contributed by atoms with van der Waals surface area (Å²) in [6, 6.07) is 8.50. The largest absolute Gasteiger partial charge is 0.508 e. The first-order chi connectivity index (χ1) is 19.5. The Morgan fingerprint density at radius 1 is 0.878 bits per heavy atom. The molecule has 41 heavy (non-hydrogen) atoms. The van der Waals surface area contributed by atoms with Gasteiger partial charge in [0, 0.05) is 12.1 Å². The molecule has 2 fully saturated rings. The number of aliphatic hydroxyl groups excluding tert-OH is 6. The smallest absolute Gasteiger partial charge is 0.229 e. The monoisotopic (exact) mass is 580 g/mol. The highest BCUT2D eigenvalue weighted by Gasteiger charge is 2.51. The van der Waals surface area contributed by atoms with E-state index in [2.05, 4.69) is 0 Å². The SMILES string of the molecule is C[C@@H]1O[C@@H](O[C@@H]2[C@@H](O)[C@H](Oc3cc(O)c4c(c3)O[C@@H](c3ccc(O)cc3)CC4=O)O[C@H](CO)[C@H]2O)[C@H](O)[C@H](O)[C@H]1O. The molecule has 5 rings (SSSR count). The minimum Gasteiger partial charge on any atom is -0.508 e. The summed E-state index contributed by atoms with van der Waals surface area (Å²) in [6.07, 6.45) is -16.0. The Labute approximate surface area is 233 Å². The van der Waals surface area contributed by atoms with Crippen molar-refractivity contribution in [2.24, 2.45) is 0 Å². The van der Waals surface area contributed by atoms with Crippen molar-refractivity contribution < 1.29 is 69.3 Å². The third-order valence-electron chi connectivity index (χ3n) is 7.41. The first-order valence-corrected chi connectivity index (χ1v) is 13.0. The molecule has 2 aromatic carbocycles. The summed E-state index contributed by atoms with van der Waals surface area (Å²) in [6.45, 7) is 0.706. The number of phenolic OH excluding ortho intramolecular Hbond substituents is 2. The van der Waals surface area contributed by atoms with Crippen LogP contribution in [0.4, 0.5) is 0 Å². The Bertz CT molecular complexity index is 1240. The van der Waals surface area contributed by atoms with Gasteiger partial charge in [-0.05, 0) is 24.6 Å². The molecule has 14 heteroatoms. The molecule has 0 saturated carbocycles. The van der Waals surface area contributed by atoms with E-state index in [4.69, 9.17) is 23.7 Å². The van der Waals surface area contributed by atoms with E-state index in [0.29, 0.717) is 5.56 Å². The Morgan fingerprint density at radius 3 is 2.27 bits per heavy atom. The average molecular weight is 581 g/mol. The van der Waals surface area contributed by atoms with E-state index in [1.807, 2.05) is 0 Å². The lowest BCUT2D eigenvalue weighted by molar-refractivity contribution is -0.349. The van der Waals surface area contributed by atoms with E-state index >= 15 is 0 Å². The fraction of sp³-hybridized carbons (Fsp3) is 0.519. The predicted octanol–water partition coefficient (Wildman–Crippen LogP) is -1.17. The molecule has 0 radical (unpaired) electrons. The molecule has 14 nitrogen and oxygen atoms in total. The Hall–Kier alpha value is -3.05. The van der Waals surface area contributed by atoms with Crippen molar-refractivity contribution in [2.45, 2.75) is 80.9 Å². The minimum atomic E-state index is -1.76.